The highest BCUT2D eigenvalue weighted by atomic mass is 19.3. The van der Waals surface area contributed by atoms with Gasteiger partial charge in [-0.1, -0.05) is 6.92 Å². The molecule has 1 atom stereocenters. The zero-order valence-corrected chi connectivity index (χ0v) is 19.3. The summed E-state index contributed by atoms with van der Waals surface area (Å²) in [5.41, 5.74) is 3.01. The van der Waals surface area contributed by atoms with E-state index in [0.29, 0.717) is 41.3 Å². The number of hydrogen-bond acceptors (Lipinski definition) is 9. The summed E-state index contributed by atoms with van der Waals surface area (Å²) >= 11 is 0. The number of nitrogens with one attached hydrogen (secondary N) is 2. The predicted molar refractivity (Wildman–Crippen MR) is 124 cm³/mol. The predicted octanol–water partition coefficient (Wildman–Crippen LogP) is 2.92. The number of nitrogens with zero attached hydrogens (tertiary/aromatic N) is 5. The molecular weight excluding hydrogens is 460 g/mol. The molecule has 3 heterocycles. The van der Waals surface area contributed by atoms with Gasteiger partial charge in [-0.05, 0) is 23.8 Å². The zero-order valence-electron chi connectivity index (χ0n) is 19.3. The molecule has 0 saturated carbocycles. The molecule has 3 N–H and O–H groups in total. The Morgan fingerprint density at radius 1 is 1.37 bits per heavy atom. The van der Waals surface area contributed by atoms with Crippen LogP contribution >= 0.6 is 0 Å². The number of aliphatic hydroxyl groups excluding tert-OH is 1. The maximum Gasteiger partial charge on any atom is 0.257 e. The Labute approximate surface area is 200 Å². The van der Waals surface area contributed by atoms with Crippen LogP contribution in [0.4, 0.5) is 26.1 Å². The van der Waals surface area contributed by atoms with E-state index in [4.69, 9.17) is 9.47 Å². The van der Waals surface area contributed by atoms with E-state index in [1.807, 2.05) is 13.0 Å². The van der Waals surface area contributed by atoms with E-state index < -0.39 is 18.4 Å². The van der Waals surface area contributed by atoms with Crippen molar-refractivity contribution in [2.75, 3.05) is 44.1 Å². The average molecular weight is 485 g/mol. The lowest BCUT2D eigenvalue weighted by atomic mass is 9.83. The van der Waals surface area contributed by atoms with Crippen LogP contribution in [-0.2, 0) is 16.7 Å². The van der Waals surface area contributed by atoms with Crippen molar-refractivity contribution in [3.63, 3.8) is 0 Å². The van der Waals surface area contributed by atoms with E-state index in [2.05, 4.69) is 31.8 Å². The second-order valence-corrected chi connectivity index (χ2v) is 8.32. The Morgan fingerprint density at radius 2 is 2.20 bits per heavy atom. The third-order valence-electron chi connectivity index (χ3n) is 5.69. The van der Waals surface area contributed by atoms with Crippen LogP contribution in [0.1, 0.15) is 18.1 Å². The highest BCUT2D eigenvalue weighted by Crippen LogP contribution is 2.41. The van der Waals surface area contributed by atoms with Crippen LogP contribution < -0.4 is 15.4 Å². The molecule has 0 radical (unpaired) electrons. The van der Waals surface area contributed by atoms with E-state index in [9.17, 15) is 19.1 Å². The molecule has 1 aromatic carbocycles. The van der Waals surface area contributed by atoms with Crippen LogP contribution in [0.2, 0.25) is 0 Å². The van der Waals surface area contributed by atoms with Gasteiger partial charge in [0.15, 0.2) is 0 Å². The SMILES string of the molecule is COCCOc1nn(CC(F)F)cc1Nc1nccc(-c2cc(C#N)c3c(c2)[C@@](C)(CO)CN3)n1. The molecule has 1 aliphatic heterocycles. The lowest BCUT2D eigenvalue weighted by Crippen LogP contribution is -2.28. The topological polar surface area (TPSA) is 130 Å². The minimum absolute atomic E-state index is 0.0770. The molecule has 184 valence electrons. The molecule has 0 amide bonds. The van der Waals surface area contributed by atoms with Gasteiger partial charge in [0.05, 0.1) is 36.4 Å². The van der Waals surface area contributed by atoms with E-state index >= 15 is 0 Å². The molecule has 35 heavy (non-hydrogen) atoms. The van der Waals surface area contributed by atoms with Gasteiger partial charge in [0.25, 0.3) is 12.3 Å². The van der Waals surface area contributed by atoms with E-state index in [0.717, 1.165) is 10.2 Å². The minimum atomic E-state index is -2.58. The number of rotatable bonds is 10. The molecule has 0 bridgehead atoms. The third-order valence-corrected chi connectivity index (χ3v) is 5.69. The summed E-state index contributed by atoms with van der Waals surface area (Å²) in [6.45, 7) is 2.25. The number of aromatic nitrogens is 4. The van der Waals surface area contributed by atoms with Gasteiger partial charge in [0.1, 0.15) is 24.9 Å². The average Bonchev–Trinajstić information content (AvgIpc) is 3.39. The molecule has 12 heteroatoms. The van der Waals surface area contributed by atoms with Crippen LogP contribution in [0.15, 0.2) is 30.6 Å². The summed E-state index contributed by atoms with van der Waals surface area (Å²) in [5, 5.41) is 29.9. The lowest BCUT2D eigenvalue weighted by Gasteiger charge is -2.21. The van der Waals surface area contributed by atoms with Gasteiger partial charge in [-0.25, -0.2) is 18.7 Å². The lowest BCUT2D eigenvalue weighted by molar-refractivity contribution is 0.119. The number of nitriles is 1. The number of ether oxygens (including phenoxy) is 2. The summed E-state index contributed by atoms with van der Waals surface area (Å²) < 4.78 is 37.3. The number of aliphatic hydroxyl groups is 1. The van der Waals surface area contributed by atoms with Crippen molar-refractivity contribution < 1.29 is 23.4 Å². The van der Waals surface area contributed by atoms with Crippen LogP contribution in [0, 0.1) is 11.3 Å². The van der Waals surface area contributed by atoms with Crippen LogP contribution in [0.5, 0.6) is 5.88 Å². The molecule has 0 unspecified atom stereocenters. The molecule has 0 fully saturated rings. The largest absolute Gasteiger partial charge is 0.473 e. The molecule has 0 spiro atoms. The normalized spacial score (nSPS) is 16.6. The summed E-state index contributed by atoms with van der Waals surface area (Å²) in [6, 6.07) is 7.52. The minimum Gasteiger partial charge on any atom is -0.473 e. The molecule has 0 saturated heterocycles. The van der Waals surface area contributed by atoms with Gasteiger partial charge in [0, 0.05) is 30.8 Å². The number of anilines is 3. The Balaban J connectivity index is 1.65. The van der Waals surface area contributed by atoms with Crippen molar-refractivity contribution in [3.8, 4) is 23.2 Å². The monoisotopic (exact) mass is 485 g/mol. The van der Waals surface area contributed by atoms with Gasteiger partial charge in [-0.2, -0.15) is 5.26 Å². The fourth-order valence-corrected chi connectivity index (χ4v) is 3.82. The Hall–Kier alpha value is -3.82. The Morgan fingerprint density at radius 3 is 2.91 bits per heavy atom. The zero-order chi connectivity index (χ0) is 25.0. The van der Waals surface area contributed by atoms with Gasteiger partial charge in [0.2, 0.25) is 5.95 Å². The molecule has 1 aliphatic rings. The van der Waals surface area contributed by atoms with Gasteiger partial charge in [-0.15, -0.1) is 5.10 Å². The van der Waals surface area contributed by atoms with Crippen molar-refractivity contribution in [1.29, 1.82) is 5.26 Å². The van der Waals surface area contributed by atoms with Crippen molar-refractivity contribution in [2.24, 2.45) is 0 Å². The van der Waals surface area contributed by atoms with Crippen molar-refractivity contribution in [3.05, 3.63) is 41.7 Å². The number of methoxy groups -OCH3 is 1. The number of benzene rings is 1. The summed E-state index contributed by atoms with van der Waals surface area (Å²) in [4.78, 5) is 8.76. The standard InChI is InChI=1S/C23H25F2N7O3/c1-23(13-33)12-28-20-15(9-26)7-14(8-16(20)23)17-3-4-27-22(29-17)30-18-10-32(11-19(24)25)31-21(18)35-6-5-34-2/h3-4,7-8,10,19,28,33H,5-6,11-13H2,1-2H3,(H,27,29,30)/t23-/m1/s1. The first-order valence-electron chi connectivity index (χ1n) is 10.9. The highest BCUT2D eigenvalue weighted by molar-refractivity contribution is 5.76. The van der Waals surface area contributed by atoms with E-state index in [1.54, 1.807) is 18.3 Å². The molecule has 4 rings (SSSR count). The number of halogens is 2. The van der Waals surface area contributed by atoms with Crippen molar-refractivity contribution in [2.45, 2.75) is 25.3 Å². The highest BCUT2D eigenvalue weighted by Gasteiger charge is 2.36. The number of hydrogen-bond donors (Lipinski definition) is 3. The molecular formula is C23H25F2N7O3. The first kappa shape index (κ1) is 24.3. The van der Waals surface area contributed by atoms with Crippen LogP contribution in [0.25, 0.3) is 11.3 Å². The maximum absolute atomic E-state index is 12.9. The third kappa shape index (κ3) is 5.16. The maximum atomic E-state index is 12.9. The first-order valence-corrected chi connectivity index (χ1v) is 10.9. The Bertz CT molecular complexity index is 1240. The second-order valence-electron chi connectivity index (χ2n) is 8.32. The smallest absolute Gasteiger partial charge is 0.257 e. The molecule has 10 nitrogen and oxygen atoms in total. The number of alkyl halides is 2. The summed E-state index contributed by atoms with van der Waals surface area (Å²) in [6.07, 6.45) is 0.358. The van der Waals surface area contributed by atoms with Crippen molar-refractivity contribution in [1.82, 2.24) is 19.7 Å². The van der Waals surface area contributed by atoms with E-state index in [1.165, 1.54) is 13.3 Å². The molecule has 3 aromatic rings. The molecule has 0 aliphatic carbocycles. The van der Waals surface area contributed by atoms with E-state index in [-0.39, 0.29) is 25.0 Å². The van der Waals surface area contributed by atoms with Crippen LogP contribution in [-0.4, -0.2) is 64.8 Å². The van der Waals surface area contributed by atoms with Crippen molar-refractivity contribution >= 4 is 17.3 Å². The van der Waals surface area contributed by atoms with Gasteiger partial charge >= 0.3 is 0 Å². The van der Waals surface area contributed by atoms with Crippen LogP contribution in [0.3, 0.4) is 0 Å². The second kappa shape index (κ2) is 10.2. The summed E-state index contributed by atoms with van der Waals surface area (Å²) in [5.74, 6) is 0.309. The quantitative estimate of drug-likeness (QED) is 0.371. The fraction of sp³-hybridized carbons (Fsp3) is 0.391. The first-order chi connectivity index (χ1) is 16.9. The van der Waals surface area contributed by atoms with Gasteiger partial charge < -0.3 is 25.2 Å². The fourth-order valence-electron chi connectivity index (χ4n) is 3.82. The van der Waals surface area contributed by atoms with Gasteiger partial charge in [-0.3, -0.25) is 4.68 Å². The molecule has 2 aromatic heterocycles. The Kier molecular flexibility index (Phi) is 7.09. The summed E-state index contributed by atoms with van der Waals surface area (Å²) in [7, 11) is 1.52. The number of fused-ring (bicyclic) bond motifs is 1.